The summed E-state index contributed by atoms with van der Waals surface area (Å²) >= 11 is 0. The molecule has 3 N–H and O–H groups in total. The number of nitrogens with one attached hydrogen (secondary N) is 2. The largest absolute Gasteiger partial charge is 0.381 e. The molecule has 11 heteroatoms. The number of anilines is 1. The van der Waals surface area contributed by atoms with Crippen molar-refractivity contribution in [1.82, 2.24) is 29.6 Å². The van der Waals surface area contributed by atoms with Gasteiger partial charge in [-0.3, -0.25) is 10.1 Å². The second-order valence-corrected chi connectivity index (χ2v) is 9.63. The number of aromatic nitrogens is 5. The lowest BCUT2D eigenvalue weighted by Crippen LogP contribution is -2.54. The molecule has 2 atom stereocenters. The van der Waals surface area contributed by atoms with Gasteiger partial charge in [0.25, 0.3) is 0 Å². The number of piperazine rings is 1. The number of H-pyrrole nitrogens is 1. The van der Waals surface area contributed by atoms with Gasteiger partial charge in [-0.1, -0.05) is 12.1 Å². The Balaban J connectivity index is 1.30. The Kier molecular flexibility index (Phi) is 6.77. The molecule has 4 heterocycles. The smallest absolute Gasteiger partial charge is 0.225 e. The molecule has 1 aromatic carbocycles. The number of benzene rings is 1. The molecule has 0 unspecified atom stereocenters. The monoisotopic (exact) mass is 515 g/mol. The Morgan fingerprint density at radius 1 is 1.16 bits per heavy atom. The van der Waals surface area contributed by atoms with Crippen LogP contribution in [0.1, 0.15) is 30.7 Å². The molecule has 3 aromatic heterocycles. The van der Waals surface area contributed by atoms with Crippen molar-refractivity contribution in [3.63, 3.8) is 0 Å². The number of aliphatic imine (C=N–C) groups is 1. The average Bonchev–Trinajstić information content (AvgIpc) is 3.57. The Hall–Kier alpha value is -4.38. The molecule has 1 saturated heterocycles. The molecule has 0 saturated carbocycles. The van der Waals surface area contributed by atoms with Crippen LogP contribution in [0.5, 0.6) is 0 Å². The lowest BCUT2D eigenvalue weighted by molar-refractivity contribution is 0.101. The zero-order valence-electron chi connectivity index (χ0n) is 21.5. The fraction of sp³-hybridized carbons (Fsp3) is 0.296. The Bertz CT molecular complexity index is 1440. The van der Waals surface area contributed by atoms with Crippen molar-refractivity contribution in [2.75, 3.05) is 24.5 Å². The second-order valence-electron chi connectivity index (χ2n) is 9.63. The Morgan fingerprint density at radius 2 is 1.89 bits per heavy atom. The predicted molar refractivity (Wildman–Crippen MR) is 144 cm³/mol. The zero-order valence-corrected chi connectivity index (χ0v) is 21.5. The normalized spacial score (nSPS) is 17.9. The maximum Gasteiger partial charge on any atom is 0.225 e. The van der Waals surface area contributed by atoms with Crippen LogP contribution in [0.2, 0.25) is 0 Å². The molecule has 1 aliphatic heterocycles. The van der Waals surface area contributed by atoms with E-state index < -0.39 is 5.60 Å². The molecular formula is C27H30FN9O. The fourth-order valence-corrected chi connectivity index (χ4v) is 4.75. The molecule has 0 amide bonds. The summed E-state index contributed by atoms with van der Waals surface area (Å²) < 4.78 is 15.1. The Morgan fingerprint density at radius 3 is 2.53 bits per heavy atom. The van der Waals surface area contributed by atoms with Crippen molar-refractivity contribution in [2.24, 2.45) is 12.0 Å². The van der Waals surface area contributed by atoms with Crippen LogP contribution in [-0.4, -0.2) is 72.6 Å². The highest BCUT2D eigenvalue weighted by atomic mass is 19.1. The van der Waals surface area contributed by atoms with Crippen LogP contribution >= 0.6 is 0 Å². The van der Waals surface area contributed by atoms with E-state index in [1.165, 1.54) is 12.1 Å². The highest BCUT2D eigenvalue weighted by molar-refractivity contribution is 6.01. The van der Waals surface area contributed by atoms with Crippen LogP contribution in [0.3, 0.4) is 0 Å². The summed E-state index contributed by atoms with van der Waals surface area (Å²) in [6.45, 7) is 5.71. The van der Waals surface area contributed by atoms with Gasteiger partial charge < -0.3 is 19.9 Å². The molecule has 0 radical (unpaired) electrons. The standard InChI is InChI=1S/C27H30FN9O/c1-18-15-36(25(33-17-29)24-10-19(11-30-24)20-12-34-35(3)16-20)8-9-37(18)26-31-13-22(14-32-26)27(2,38)21-4-6-23(28)7-5-21/h4-7,10-14,16-18,29-30,38H,8-9,15H2,1-3H3/b29-17?,33-25+/t18-,27+/m1/s1. The van der Waals surface area contributed by atoms with Crippen LogP contribution in [-0.2, 0) is 12.6 Å². The SMILES string of the molecule is C[C@@H]1CN(/C(=N/C=N)c2cc(-c3cnn(C)c3)c[nH]2)CCN1c1ncc([C@@](C)(O)c2ccc(F)cc2)cn1. The molecule has 0 spiro atoms. The van der Waals surface area contributed by atoms with Crippen molar-refractivity contribution >= 4 is 18.1 Å². The molecule has 1 fully saturated rings. The summed E-state index contributed by atoms with van der Waals surface area (Å²) in [4.78, 5) is 21.0. The van der Waals surface area contributed by atoms with Crippen LogP contribution in [0, 0.1) is 11.2 Å². The number of halogens is 1. The predicted octanol–water partition coefficient (Wildman–Crippen LogP) is 3.16. The van der Waals surface area contributed by atoms with Crippen molar-refractivity contribution in [3.8, 4) is 11.1 Å². The first-order valence-corrected chi connectivity index (χ1v) is 12.3. The molecule has 4 aromatic rings. The lowest BCUT2D eigenvalue weighted by atomic mass is 9.90. The topological polar surface area (TPSA) is 122 Å². The summed E-state index contributed by atoms with van der Waals surface area (Å²) in [5.41, 5.74) is 2.57. The van der Waals surface area contributed by atoms with E-state index in [9.17, 15) is 9.50 Å². The average molecular weight is 516 g/mol. The lowest BCUT2D eigenvalue weighted by Gasteiger charge is -2.41. The van der Waals surface area contributed by atoms with E-state index in [0.29, 0.717) is 42.5 Å². The van der Waals surface area contributed by atoms with E-state index in [-0.39, 0.29) is 11.9 Å². The third-order valence-electron chi connectivity index (χ3n) is 6.94. The van der Waals surface area contributed by atoms with Crippen molar-refractivity contribution in [2.45, 2.75) is 25.5 Å². The van der Waals surface area contributed by atoms with Gasteiger partial charge >= 0.3 is 0 Å². The van der Waals surface area contributed by atoms with Crippen LogP contribution in [0.4, 0.5) is 10.3 Å². The van der Waals surface area contributed by atoms with Crippen molar-refractivity contribution < 1.29 is 9.50 Å². The first-order chi connectivity index (χ1) is 18.3. The zero-order chi connectivity index (χ0) is 26.9. The molecule has 10 nitrogen and oxygen atoms in total. The minimum absolute atomic E-state index is 0.0656. The number of hydrogen-bond acceptors (Lipinski definition) is 6. The van der Waals surface area contributed by atoms with Crippen LogP contribution in [0.15, 0.2) is 66.3 Å². The first kappa shape index (κ1) is 25.3. The van der Waals surface area contributed by atoms with E-state index in [1.807, 2.05) is 31.7 Å². The minimum atomic E-state index is -1.35. The number of nitrogens with zero attached hydrogens (tertiary/aromatic N) is 7. The molecular weight excluding hydrogens is 485 g/mol. The maximum atomic E-state index is 13.3. The number of hydrogen-bond donors (Lipinski definition) is 3. The fourth-order valence-electron chi connectivity index (χ4n) is 4.75. The van der Waals surface area contributed by atoms with E-state index in [2.05, 4.69) is 41.8 Å². The van der Waals surface area contributed by atoms with Crippen molar-refractivity contribution in [1.29, 1.82) is 5.41 Å². The molecule has 38 heavy (non-hydrogen) atoms. The van der Waals surface area contributed by atoms with Gasteiger partial charge in [0.15, 0.2) is 5.84 Å². The van der Waals surface area contributed by atoms with Gasteiger partial charge in [-0.05, 0) is 37.6 Å². The number of rotatable bonds is 6. The molecule has 0 aliphatic carbocycles. The highest BCUT2D eigenvalue weighted by Gasteiger charge is 2.30. The molecule has 5 rings (SSSR count). The summed E-state index contributed by atoms with van der Waals surface area (Å²) in [6.07, 6.45) is 9.97. The third-order valence-corrected chi connectivity index (χ3v) is 6.94. The third kappa shape index (κ3) is 4.92. The van der Waals surface area contributed by atoms with Gasteiger partial charge in [0.05, 0.1) is 11.9 Å². The summed E-state index contributed by atoms with van der Waals surface area (Å²) in [5, 5.41) is 22.9. The minimum Gasteiger partial charge on any atom is -0.381 e. The van der Waals surface area contributed by atoms with Gasteiger partial charge in [-0.15, -0.1) is 0 Å². The van der Waals surface area contributed by atoms with E-state index in [0.717, 1.165) is 23.2 Å². The molecule has 1 aliphatic rings. The van der Waals surface area contributed by atoms with Gasteiger partial charge in [0.1, 0.15) is 17.8 Å². The summed E-state index contributed by atoms with van der Waals surface area (Å²) in [5.74, 6) is 0.914. The van der Waals surface area contributed by atoms with E-state index >= 15 is 0 Å². The summed E-state index contributed by atoms with van der Waals surface area (Å²) in [6, 6.07) is 7.84. The van der Waals surface area contributed by atoms with Gasteiger partial charge in [0.2, 0.25) is 5.95 Å². The Labute approximate surface area is 220 Å². The van der Waals surface area contributed by atoms with Crippen LogP contribution < -0.4 is 4.90 Å². The van der Waals surface area contributed by atoms with Crippen molar-refractivity contribution in [3.05, 3.63) is 84.0 Å². The van der Waals surface area contributed by atoms with Crippen LogP contribution in [0.25, 0.3) is 11.1 Å². The van der Waals surface area contributed by atoms with E-state index in [4.69, 9.17) is 5.41 Å². The highest BCUT2D eigenvalue weighted by Crippen LogP contribution is 2.29. The summed E-state index contributed by atoms with van der Waals surface area (Å²) in [7, 11) is 1.88. The van der Waals surface area contributed by atoms with Gasteiger partial charge in [-0.25, -0.2) is 19.4 Å². The molecule has 196 valence electrons. The first-order valence-electron chi connectivity index (χ1n) is 12.3. The number of aliphatic hydroxyl groups is 1. The molecule has 0 bridgehead atoms. The van der Waals surface area contributed by atoms with Gasteiger partial charge in [0, 0.05) is 74.2 Å². The quantitative estimate of drug-likeness (QED) is 0.268. The van der Waals surface area contributed by atoms with Gasteiger partial charge in [-0.2, -0.15) is 5.10 Å². The number of amidine groups is 1. The second kappa shape index (κ2) is 10.2. The number of aryl methyl sites for hydroxylation is 1. The van der Waals surface area contributed by atoms with E-state index in [1.54, 1.807) is 36.1 Å². The number of aromatic amines is 1. The maximum absolute atomic E-state index is 13.3.